The number of anilines is 1. The monoisotopic (exact) mass is 504 g/mol. The number of methoxy groups -OCH3 is 1. The Morgan fingerprint density at radius 1 is 1.03 bits per heavy atom. The lowest BCUT2D eigenvalue weighted by Crippen LogP contribution is -2.49. The van der Waals surface area contributed by atoms with Gasteiger partial charge in [-0.05, 0) is 41.8 Å². The predicted octanol–water partition coefficient (Wildman–Crippen LogP) is 5.05. The molecule has 0 radical (unpaired) electrons. The van der Waals surface area contributed by atoms with Gasteiger partial charge in [0.25, 0.3) is 0 Å². The molecule has 32 heavy (non-hydrogen) atoms. The summed E-state index contributed by atoms with van der Waals surface area (Å²) in [5.74, 6) is 1.61. The minimum Gasteiger partial charge on any atom is -0.497 e. The maximum absolute atomic E-state index is 10.6. The molecule has 5 nitrogen and oxygen atoms in total. The van der Waals surface area contributed by atoms with Gasteiger partial charge in [0, 0.05) is 49.0 Å². The molecular formula is C24H35Cl3N2O3. The number of nitrogens with zero attached hydrogens (tertiary/aromatic N) is 2. The van der Waals surface area contributed by atoms with Crippen LogP contribution in [0.15, 0.2) is 42.5 Å². The number of ether oxygens (including phenoxy) is 2. The smallest absolute Gasteiger partial charge is 0.123 e. The zero-order chi connectivity index (χ0) is 21.7. The fourth-order valence-electron chi connectivity index (χ4n) is 3.75. The number of halogens is 3. The Morgan fingerprint density at radius 2 is 1.72 bits per heavy atom. The lowest BCUT2D eigenvalue weighted by Gasteiger charge is -2.37. The van der Waals surface area contributed by atoms with Gasteiger partial charge in [-0.1, -0.05) is 38.4 Å². The molecule has 2 aromatic carbocycles. The van der Waals surface area contributed by atoms with Crippen molar-refractivity contribution >= 4 is 42.1 Å². The molecule has 1 aliphatic rings. The van der Waals surface area contributed by atoms with Gasteiger partial charge in [-0.2, -0.15) is 0 Å². The van der Waals surface area contributed by atoms with Crippen LogP contribution < -0.4 is 14.4 Å². The fraction of sp³-hybridized carbons (Fsp3) is 0.500. The zero-order valence-corrected chi connectivity index (χ0v) is 21.6. The third-order valence-corrected chi connectivity index (χ3v) is 5.68. The average Bonchev–Trinajstić information content (AvgIpc) is 2.72. The second-order valence-electron chi connectivity index (χ2n) is 8.84. The molecule has 1 saturated heterocycles. The standard InChI is InChI=1S/C24H33ClN2O3.2ClH/c1-24(2,3)22-15-21(29-4)8-9-23(22)30-17-20(28)16-26-10-12-27(13-11-26)19-7-5-6-18(25)14-19;;/h5-9,14-15,20,28H,10-13,16-17H2,1-4H3;2*1H. The zero-order valence-electron chi connectivity index (χ0n) is 19.2. The molecule has 0 spiro atoms. The molecule has 1 aliphatic heterocycles. The van der Waals surface area contributed by atoms with Crippen molar-refractivity contribution in [2.45, 2.75) is 32.3 Å². The SMILES string of the molecule is COc1ccc(OCC(O)CN2CCN(c3cccc(Cl)c3)CC2)c(C(C)(C)C)c1.Cl.Cl. The summed E-state index contributed by atoms with van der Waals surface area (Å²) in [5, 5.41) is 11.3. The van der Waals surface area contributed by atoms with Gasteiger partial charge in [0.2, 0.25) is 0 Å². The molecule has 0 aromatic heterocycles. The van der Waals surface area contributed by atoms with Crippen LogP contribution in [0, 0.1) is 0 Å². The predicted molar refractivity (Wildman–Crippen MR) is 138 cm³/mol. The van der Waals surface area contributed by atoms with Crippen molar-refractivity contribution in [2.24, 2.45) is 0 Å². The van der Waals surface area contributed by atoms with E-state index in [9.17, 15) is 5.11 Å². The summed E-state index contributed by atoms with van der Waals surface area (Å²) in [4.78, 5) is 4.62. The van der Waals surface area contributed by atoms with Crippen molar-refractivity contribution in [3.8, 4) is 11.5 Å². The van der Waals surface area contributed by atoms with Crippen LogP contribution in [0.4, 0.5) is 5.69 Å². The van der Waals surface area contributed by atoms with Gasteiger partial charge in [-0.15, -0.1) is 24.8 Å². The molecule has 0 amide bonds. The van der Waals surface area contributed by atoms with Gasteiger partial charge in [-0.25, -0.2) is 0 Å². The summed E-state index contributed by atoms with van der Waals surface area (Å²) in [6.45, 7) is 10.9. The molecule has 1 fully saturated rings. The quantitative estimate of drug-likeness (QED) is 0.570. The minimum absolute atomic E-state index is 0. The van der Waals surface area contributed by atoms with Gasteiger partial charge < -0.3 is 19.5 Å². The number of benzene rings is 2. The van der Waals surface area contributed by atoms with Gasteiger partial charge >= 0.3 is 0 Å². The maximum atomic E-state index is 10.6. The summed E-state index contributed by atoms with van der Waals surface area (Å²) in [5.41, 5.74) is 2.15. The lowest BCUT2D eigenvalue weighted by molar-refractivity contribution is 0.0656. The van der Waals surface area contributed by atoms with Crippen LogP contribution in [0.25, 0.3) is 0 Å². The lowest BCUT2D eigenvalue weighted by atomic mass is 9.86. The van der Waals surface area contributed by atoms with Gasteiger partial charge in [-0.3, -0.25) is 4.90 Å². The Morgan fingerprint density at radius 3 is 2.31 bits per heavy atom. The van der Waals surface area contributed by atoms with Crippen LogP contribution in [0.1, 0.15) is 26.3 Å². The van der Waals surface area contributed by atoms with Crippen LogP contribution in [0.2, 0.25) is 5.02 Å². The highest BCUT2D eigenvalue weighted by atomic mass is 35.5. The molecule has 1 heterocycles. The van der Waals surface area contributed by atoms with Crippen LogP contribution in [-0.2, 0) is 5.41 Å². The Balaban J connectivity index is 0.00000256. The molecule has 1 N–H and O–H groups in total. The molecule has 180 valence electrons. The van der Waals surface area contributed by atoms with E-state index in [0.29, 0.717) is 6.54 Å². The molecule has 3 rings (SSSR count). The largest absolute Gasteiger partial charge is 0.497 e. The molecule has 2 aromatic rings. The van der Waals surface area contributed by atoms with Gasteiger partial charge in [0.05, 0.1) is 7.11 Å². The molecule has 1 unspecified atom stereocenters. The number of piperazine rings is 1. The highest BCUT2D eigenvalue weighted by Crippen LogP contribution is 2.34. The summed E-state index contributed by atoms with van der Waals surface area (Å²) in [7, 11) is 1.66. The van der Waals surface area contributed by atoms with Crippen molar-refractivity contribution in [3.63, 3.8) is 0 Å². The number of aliphatic hydroxyl groups excluding tert-OH is 1. The van der Waals surface area contributed by atoms with E-state index < -0.39 is 6.10 Å². The second-order valence-corrected chi connectivity index (χ2v) is 9.28. The van der Waals surface area contributed by atoms with E-state index in [1.807, 2.05) is 36.4 Å². The number of hydrogen-bond donors (Lipinski definition) is 1. The first-order chi connectivity index (χ1) is 14.3. The normalized spacial score (nSPS) is 15.4. The van der Waals surface area contributed by atoms with Gasteiger partial charge in [0.1, 0.15) is 24.2 Å². The minimum atomic E-state index is -0.544. The third kappa shape index (κ3) is 7.89. The maximum Gasteiger partial charge on any atom is 0.123 e. The number of hydrogen-bond acceptors (Lipinski definition) is 5. The molecule has 1 atom stereocenters. The third-order valence-electron chi connectivity index (χ3n) is 5.44. The van der Waals surface area contributed by atoms with E-state index in [0.717, 1.165) is 54.0 Å². The van der Waals surface area contributed by atoms with Crippen molar-refractivity contribution < 1.29 is 14.6 Å². The van der Waals surface area contributed by atoms with Crippen molar-refractivity contribution in [2.75, 3.05) is 51.3 Å². The van der Waals surface area contributed by atoms with Crippen molar-refractivity contribution in [1.29, 1.82) is 0 Å². The number of β-amino-alcohol motifs (C(OH)–C–C–N with tert-alkyl or cyclic N) is 1. The van der Waals surface area contributed by atoms with Crippen LogP contribution >= 0.6 is 36.4 Å². The Labute approximate surface area is 209 Å². The molecule has 0 saturated carbocycles. The van der Waals surface area contributed by atoms with Crippen LogP contribution in [-0.4, -0.2) is 62.6 Å². The molecule has 0 aliphatic carbocycles. The van der Waals surface area contributed by atoms with Crippen molar-refractivity contribution in [3.05, 3.63) is 53.1 Å². The Kier molecular flexibility index (Phi) is 11.4. The first-order valence-electron chi connectivity index (χ1n) is 10.5. The molecule has 0 bridgehead atoms. The fourth-order valence-corrected chi connectivity index (χ4v) is 3.93. The molecular weight excluding hydrogens is 471 g/mol. The highest BCUT2D eigenvalue weighted by Gasteiger charge is 2.22. The Bertz CT molecular complexity index is 837. The van der Waals surface area contributed by atoms with Crippen LogP contribution in [0.3, 0.4) is 0 Å². The summed E-state index contributed by atoms with van der Waals surface area (Å²) < 4.78 is 11.4. The first kappa shape index (κ1) is 28.7. The van der Waals surface area contributed by atoms with E-state index in [1.54, 1.807) is 7.11 Å². The second kappa shape index (κ2) is 12.8. The Hall–Kier alpha value is -1.37. The summed E-state index contributed by atoms with van der Waals surface area (Å²) in [6, 6.07) is 13.8. The van der Waals surface area contributed by atoms with Crippen LogP contribution in [0.5, 0.6) is 11.5 Å². The first-order valence-corrected chi connectivity index (χ1v) is 10.9. The van der Waals surface area contributed by atoms with Crippen molar-refractivity contribution in [1.82, 2.24) is 4.90 Å². The average molecular weight is 506 g/mol. The van der Waals surface area contributed by atoms with E-state index in [4.69, 9.17) is 21.1 Å². The number of rotatable bonds is 7. The highest BCUT2D eigenvalue weighted by molar-refractivity contribution is 6.30. The number of aliphatic hydroxyl groups is 1. The topological polar surface area (TPSA) is 45.2 Å². The summed E-state index contributed by atoms with van der Waals surface area (Å²) in [6.07, 6.45) is -0.544. The van der Waals surface area contributed by atoms with E-state index in [1.165, 1.54) is 0 Å². The van der Waals surface area contributed by atoms with Gasteiger partial charge in [0.15, 0.2) is 0 Å². The van der Waals surface area contributed by atoms with E-state index in [-0.39, 0.29) is 36.8 Å². The van der Waals surface area contributed by atoms with E-state index >= 15 is 0 Å². The summed E-state index contributed by atoms with van der Waals surface area (Å²) >= 11 is 6.11. The molecule has 8 heteroatoms. The van der Waals surface area contributed by atoms with E-state index in [2.05, 4.69) is 36.6 Å².